The standard InChI is InChI=1S/C15H21F3N2O2/c1-11(21)6-8-20(2)9-7-14(22)19-13-5-3-4-12(10-13)15(16,17)18/h3-5,10-11,21H,6-9H2,1-2H3,(H,19,22). The predicted molar refractivity (Wildman–Crippen MR) is 78.5 cm³/mol. The summed E-state index contributed by atoms with van der Waals surface area (Å²) in [5.41, 5.74) is -0.661. The largest absolute Gasteiger partial charge is 0.416 e. The van der Waals surface area contributed by atoms with Crippen molar-refractivity contribution in [2.24, 2.45) is 0 Å². The summed E-state index contributed by atoms with van der Waals surface area (Å²) in [7, 11) is 1.82. The van der Waals surface area contributed by atoms with Crippen LogP contribution in [0.15, 0.2) is 24.3 Å². The van der Waals surface area contributed by atoms with Crippen molar-refractivity contribution in [1.82, 2.24) is 4.90 Å². The number of carbonyl (C=O) groups is 1. The number of aliphatic hydroxyl groups is 1. The van der Waals surface area contributed by atoms with Crippen molar-refractivity contribution in [2.45, 2.75) is 32.0 Å². The van der Waals surface area contributed by atoms with Gasteiger partial charge in [0.15, 0.2) is 0 Å². The lowest BCUT2D eigenvalue weighted by Crippen LogP contribution is -2.26. The number of rotatable bonds is 7. The lowest BCUT2D eigenvalue weighted by molar-refractivity contribution is -0.137. The summed E-state index contributed by atoms with van der Waals surface area (Å²) in [4.78, 5) is 13.6. The number of anilines is 1. The van der Waals surface area contributed by atoms with Gasteiger partial charge in [0, 0.05) is 25.2 Å². The van der Waals surface area contributed by atoms with E-state index in [-0.39, 0.29) is 18.0 Å². The molecule has 1 unspecified atom stereocenters. The Morgan fingerprint density at radius 3 is 2.64 bits per heavy atom. The number of hydrogen-bond donors (Lipinski definition) is 2. The third kappa shape index (κ3) is 6.91. The van der Waals surface area contributed by atoms with Crippen molar-refractivity contribution in [3.05, 3.63) is 29.8 Å². The molecule has 0 bridgehead atoms. The zero-order valence-corrected chi connectivity index (χ0v) is 12.7. The monoisotopic (exact) mass is 318 g/mol. The smallest absolute Gasteiger partial charge is 0.393 e. The molecule has 0 saturated carbocycles. The third-order valence-electron chi connectivity index (χ3n) is 3.12. The van der Waals surface area contributed by atoms with Gasteiger partial charge in [0.05, 0.1) is 11.7 Å². The highest BCUT2D eigenvalue weighted by Gasteiger charge is 2.30. The molecule has 0 aromatic heterocycles. The minimum Gasteiger partial charge on any atom is -0.393 e. The molecule has 0 aliphatic heterocycles. The molecule has 1 amide bonds. The van der Waals surface area contributed by atoms with Gasteiger partial charge in [-0.05, 0) is 38.6 Å². The van der Waals surface area contributed by atoms with Crippen molar-refractivity contribution >= 4 is 11.6 Å². The average molecular weight is 318 g/mol. The molecular weight excluding hydrogens is 297 g/mol. The van der Waals surface area contributed by atoms with E-state index in [4.69, 9.17) is 5.11 Å². The Hall–Kier alpha value is -1.60. The van der Waals surface area contributed by atoms with Gasteiger partial charge in [-0.2, -0.15) is 13.2 Å². The van der Waals surface area contributed by atoms with E-state index in [2.05, 4.69) is 5.32 Å². The van der Waals surface area contributed by atoms with Crippen LogP contribution in [0.5, 0.6) is 0 Å². The Bertz CT molecular complexity index is 490. The van der Waals surface area contributed by atoms with Gasteiger partial charge in [0.2, 0.25) is 5.91 Å². The normalized spacial score (nSPS) is 13.2. The lowest BCUT2D eigenvalue weighted by atomic mass is 10.2. The zero-order chi connectivity index (χ0) is 16.8. The van der Waals surface area contributed by atoms with Crippen LogP contribution in [0.3, 0.4) is 0 Å². The first-order valence-corrected chi connectivity index (χ1v) is 7.02. The van der Waals surface area contributed by atoms with Gasteiger partial charge in [-0.3, -0.25) is 4.79 Å². The Labute approximate surface area is 127 Å². The number of aliphatic hydroxyl groups excluding tert-OH is 1. The fraction of sp³-hybridized carbons (Fsp3) is 0.533. The molecule has 0 fully saturated rings. The minimum atomic E-state index is -4.43. The molecule has 4 nitrogen and oxygen atoms in total. The van der Waals surface area contributed by atoms with Gasteiger partial charge >= 0.3 is 6.18 Å². The number of benzene rings is 1. The topological polar surface area (TPSA) is 52.6 Å². The molecule has 0 spiro atoms. The Kier molecular flexibility index (Phi) is 6.83. The zero-order valence-electron chi connectivity index (χ0n) is 12.7. The van der Waals surface area contributed by atoms with Crippen LogP contribution in [0, 0.1) is 0 Å². The number of hydrogen-bond acceptors (Lipinski definition) is 3. The Morgan fingerprint density at radius 1 is 1.36 bits per heavy atom. The van der Waals surface area contributed by atoms with Crippen LogP contribution in [0.4, 0.5) is 18.9 Å². The molecule has 1 atom stereocenters. The van der Waals surface area contributed by atoms with Gasteiger partial charge in [-0.15, -0.1) is 0 Å². The fourth-order valence-corrected chi connectivity index (χ4v) is 1.81. The second-order valence-corrected chi connectivity index (χ2v) is 5.32. The summed E-state index contributed by atoms with van der Waals surface area (Å²) in [5, 5.41) is 11.6. The highest BCUT2D eigenvalue weighted by Crippen LogP contribution is 2.30. The van der Waals surface area contributed by atoms with E-state index in [0.717, 1.165) is 12.1 Å². The molecule has 1 rings (SSSR count). The number of amides is 1. The molecule has 7 heteroatoms. The van der Waals surface area contributed by atoms with Crippen molar-refractivity contribution in [2.75, 3.05) is 25.5 Å². The molecule has 22 heavy (non-hydrogen) atoms. The number of halogens is 3. The Balaban J connectivity index is 2.45. The number of nitrogens with one attached hydrogen (secondary N) is 1. The maximum atomic E-state index is 12.6. The lowest BCUT2D eigenvalue weighted by Gasteiger charge is -2.17. The van der Waals surface area contributed by atoms with Gasteiger partial charge in [0.1, 0.15) is 0 Å². The van der Waals surface area contributed by atoms with E-state index in [1.165, 1.54) is 12.1 Å². The van der Waals surface area contributed by atoms with Gasteiger partial charge in [-0.25, -0.2) is 0 Å². The summed E-state index contributed by atoms with van der Waals surface area (Å²) >= 11 is 0. The molecule has 1 aromatic rings. The van der Waals surface area contributed by atoms with Crippen molar-refractivity contribution in [3.8, 4) is 0 Å². The first kappa shape index (κ1) is 18.4. The minimum absolute atomic E-state index is 0.131. The van der Waals surface area contributed by atoms with Crippen molar-refractivity contribution < 1.29 is 23.1 Å². The van der Waals surface area contributed by atoms with Crippen LogP contribution in [-0.4, -0.2) is 42.2 Å². The summed E-state index contributed by atoms with van der Waals surface area (Å²) in [6.45, 7) is 2.81. The molecule has 0 aliphatic carbocycles. The highest BCUT2D eigenvalue weighted by atomic mass is 19.4. The SMILES string of the molecule is CC(O)CCN(C)CCC(=O)Nc1cccc(C(F)(F)F)c1. The number of alkyl halides is 3. The first-order valence-electron chi connectivity index (χ1n) is 7.02. The van der Waals surface area contributed by atoms with Crippen LogP contribution in [0.25, 0.3) is 0 Å². The van der Waals surface area contributed by atoms with E-state index >= 15 is 0 Å². The number of nitrogens with zero attached hydrogens (tertiary/aromatic N) is 1. The van der Waals surface area contributed by atoms with E-state index in [1.807, 2.05) is 11.9 Å². The van der Waals surface area contributed by atoms with Crippen LogP contribution in [0.1, 0.15) is 25.3 Å². The predicted octanol–water partition coefficient (Wildman–Crippen LogP) is 2.74. The molecule has 0 aliphatic rings. The van der Waals surface area contributed by atoms with E-state index in [9.17, 15) is 18.0 Å². The van der Waals surface area contributed by atoms with Crippen LogP contribution in [0.2, 0.25) is 0 Å². The molecule has 124 valence electrons. The molecule has 2 N–H and O–H groups in total. The quantitative estimate of drug-likeness (QED) is 0.813. The summed E-state index contributed by atoms with van der Waals surface area (Å²) in [6.07, 6.45) is -4.05. The summed E-state index contributed by atoms with van der Waals surface area (Å²) in [5.74, 6) is -0.344. The molecule has 0 saturated heterocycles. The van der Waals surface area contributed by atoms with Crippen LogP contribution >= 0.6 is 0 Å². The first-order chi connectivity index (χ1) is 10.2. The molecular formula is C15H21F3N2O2. The van der Waals surface area contributed by atoms with Gasteiger partial charge < -0.3 is 15.3 Å². The highest BCUT2D eigenvalue weighted by molar-refractivity contribution is 5.90. The fourth-order valence-electron chi connectivity index (χ4n) is 1.81. The van der Waals surface area contributed by atoms with Crippen LogP contribution < -0.4 is 5.32 Å². The molecule has 0 heterocycles. The van der Waals surface area contributed by atoms with Crippen molar-refractivity contribution in [3.63, 3.8) is 0 Å². The molecule has 0 radical (unpaired) electrons. The maximum Gasteiger partial charge on any atom is 0.416 e. The summed E-state index contributed by atoms with van der Waals surface area (Å²) in [6, 6.07) is 4.55. The van der Waals surface area contributed by atoms with Crippen molar-refractivity contribution in [1.29, 1.82) is 0 Å². The van der Waals surface area contributed by atoms with E-state index < -0.39 is 17.8 Å². The Morgan fingerprint density at radius 2 is 2.05 bits per heavy atom. The van der Waals surface area contributed by atoms with E-state index in [1.54, 1.807) is 6.92 Å². The average Bonchev–Trinajstić information content (AvgIpc) is 2.42. The molecule has 1 aromatic carbocycles. The maximum absolute atomic E-state index is 12.6. The van der Waals surface area contributed by atoms with Crippen LogP contribution in [-0.2, 0) is 11.0 Å². The summed E-state index contributed by atoms with van der Waals surface area (Å²) < 4.78 is 37.7. The van der Waals surface area contributed by atoms with Gasteiger partial charge in [-0.1, -0.05) is 6.07 Å². The third-order valence-corrected chi connectivity index (χ3v) is 3.12. The number of carbonyl (C=O) groups excluding carboxylic acids is 1. The van der Waals surface area contributed by atoms with E-state index in [0.29, 0.717) is 19.5 Å². The second-order valence-electron chi connectivity index (χ2n) is 5.32. The van der Waals surface area contributed by atoms with Gasteiger partial charge in [0.25, 0.3) is 0 Å². The second kappa shape index (κ2) is 8.14.